The average Bonchev–Trinajstić information content (AvgIpc) is 3.25. The lowest BCUT2D eigenvalue weighted by Crippen LogP contribution is -2.54. The molecule has 0 aliphatic heterocycles. The largest absolute Gasteiger partial charge is 0.449 e. The number of alkyl carbamates (subject to hydrolysis) is 1. The molecule has 2 atom stereocenters. The van der Waals surface area contributed by atoms with Gasteiger partial charge >= 0.3 is 6.09 Å². The number of carbonyl (C=O) groups excluding carboxylic acids is 3. The van der Waals surface area contributed by atoms with Crippen LogP contribution < -0.4 is 16.0 Å². The molecular formula is C32H37N3O4. The van der Waals surface area contributed by atoms with Gasteiger partial charge < -0.3 is 20.7 Å². The van der Waals surface area contributed by atoms with Crippen molar-refractivity contribution in [3.63, 3.8) is 0 Å². The smallest absolute Gasteiger partial charge is 0.407 e. The van der Waals surface area contributed by atoms with Gasteiger partial charge in [0.2, 0.25) is 11.8 Å². The standard InChI is InChI=1S/C32H37N3O4/c1-4-33-30(36)28(18-21(2)3)34-31(37)29(19-22-12-6-5-7-13-22)35-32(38)39-20-27-25-16-10-8-14-23(25)24-15-9-11-17-26(24)27/h5-17,21,27-29H,4,18-20H2,1-3H3,(H,33,36)(H,34,37)(H,35,38)/t28-,29-/m0/s1. The molecule has 0 spiro atoms. The summed E-state index contributed by atoms with van der Waals surface area (Å²) in [5, 5.41) is 8.41. The SMILES string of the molecule is CCNC(=O)[C@H](CC(C)C)NC(=O)[C@H](Cc1ccccc1)NC(=O)OCC1c2ccccc2-c2ccccc21. The molecule has 7 heteroatoms. The van der Waals surface area contributed by atoms with E-state index < -0.39 is 24.1 Å². The van der Waals surface area contributed by atoms with E-state index in [0.717, 1.165) is 27.8 Å². The lowest BCUT2D eigenvalue weighted by molar-refractivity contribution is -0.130. The first-order valence-electron chi connectivity index (χ1n) is 13.6. The molecule has 3 N–H and O–H groups in total. The second kappa shape index (κ2) is 13.1. The van der Waals surface area contributed by atoms with Crippen LogP contribution in [0, 0.1) is 5.92 Å². The third-order valence-electron chi connectivity index (χ3n) is 6.93. The van der Waals surface area contributed by atoms with Crippen molar-refractivity contribution in [2.24, 2.45) is 5.92 Å². The molecule has 7 nitrogen and oxygen atoms in total. The Balaban J connectivity index is 1.47. The summed E-state index contributed by atoms with van der Waals surface area (Å²) in [7, 11) is 0. The minimum absolute atomic E-state index is 0.0855. The molecule has 0 radical (unpaired) electrons. The molecule has 204 valence electrons. The van der Waals surface area contributed by atoms with Crippen molar-refractivity contribution in [1.82, 2.24) is 16.0 Å². The average molecular weight is 528 g/mol. The van der Waals surface area contributed by atoms with Gasteiger partial charge in [-0.15, -0.1) is 0 Å². The number of amides is 3. The van der Waals surface area contributed by atoms with Gasteiger partial charge in [0, 0.05) is 18.9 Å². The topological polar surface area (TPSA) is 96.5 Å². The highest BCUT2D eigenvalue weighted by atomic mass is 16.5. The lowest BCUT2D eigenvalue weighted by Gasteiger charge is -2.24. The van der Waals surface area contributed by atoms with Crippen molar-refractivity contribution >= 4 is 17.9 Å². The molecule has 0 bridgehead atoms. The first kappa shape index (κ1) is 27.9. The zero-order valence-corrected chi connectivity index (χ0v) is 22.8. The highest BCUT2D eigenvalue weighted by Crippen LogP contribution is 2.44. The second-order valence-electron chi connectivity index (χ2n) is 10.3. The Morgan fingerprint density at radius 3 is 1.95 bits per heavy atom. The molecule has 0 unspecified atom stereocenters. The van der Waals surface area contributed by atoms with E-state index in [9.17, 15) is 14.4 Å². The lowest BCUT2D eigenvalue weighted by atomic mass is 9.98. The Labute approximate surface area is 230 Å². The molecule has 0 heterocycles. The van der Waals surface area contributed by atoms with Crippen LogP contribution in [0.2, 0.25) is 0 Å². The van der Waals surface area contributed by atoms with Gasteiger partial charge in [-0.3, -0.25) is 9.59 Å². The number of likely N-dealkylation sites (N-methyl/N-ethyl adjacent to an activating group) is 1. The van der Waals surface area contributed by atoms with Gasteiger partial charge in [0.1, 0.15) is 18.7 Å². The zero-order valence-electron chi connectivity index (χ0n) is 22.8. The highest BCUT2D eigenvalue weighted by molar-refractivity contribution is 5.91. The third-order valence-corrected chi connectivity index (χ3v) is 6.93. The first-order valence-corrected chi connectivity index (χ1v) is 13.6. The summed E-state index contributed by atoms with van der Waals surface area (Å²) in [4.78, 5) is 39.1. The van der Waals surface area contributed by atoms with Crippen molar-refractivity contribution < 1.29 is 19.1 Å². The highest BCUT2D eigenvalue weighted by Gasteiger charge is 2.31. The number of nitrogens with one attached hydrogen (secondary N) is 3. The van der Waals surface area contributed by atoms with Crippen molar-refractivity contribution in [2.45, 2.75) is 51.6 Å². The Kier molecular flexibility index (Phi) is 9.36. The van der Waals surface area contributed by atoms with E-state index in [1.807, 2.05) is 75.4 Å². The summed E-state index contributed by atoms with van der Waals surface area (Å²) in [6.45, 7) is 6.44. The van der Waals surface area contributed by atoms with Gasteiger partial charge in [-0.2, -0.15) is 0 Å². The summed E-state index contributed by atoms with van der Waals surface area (Å²) in [5.41, 5.74) is 5.40. The number of ether oxygens (including phenoxy) is 1. The minimum atomic E-state index is -0.910. The van der Waals surface area contributed by atoms with Crippen molar-refractivity contribution in [3.05, 3.63) is 95.6 Å². The molecule has 3 amide bonds. The predicted octanol–water partition coefficient (Wildman–Crippen LogP) is 4.80. The number of hydrogen-bond acceptors (Lipinski definition) is 4. The fourth-order valence-corrected chi connectivity index (χ4v) is 5.11. The minimum Gasteiger partial charge on any atom is -0.449 e. The number of carbonyl (C=O) groups is 3. The van der Waals surface area contributed by atoms with Crippen LogP contribution in [-0.2, 0) is 20.7 Å². The Morgan fingerprint density at radius 2 is 1.36 bits per heavy atom. The van der Waals surface area contributed by atoms with E-state index in [2.05, 4.69) is 40.2 Å². The maximum atomic E-state index is 13.4. The van der Waals surface area contributed by atoms with Gasteiger partial charge in [0.25, 0.3) is 0 Å². The van der Waals surface area contributed by atoms with Crippen LogP contribution in [0.3, 0.4) is 0 Å². The Morgan fingerprint density at radius 1 is 0.769 bits per heavy atom. The van der Waals surface area contributed by atoms with Crippen LogP contribution >= 0.6 is 0 Å². The second-order valence-corrected chi connectivity index (χ2v) is 10.3. The summed E-state index contributed by atoms with van der Waals surface area (Å²) in [6, 6.07) is 24.1. The predicted molar refractivity (Wildman–Crippen MR) is 152 cm³/mol. The summed E-state index contributed by atoms with van der Waals surface area (Å²) >= 11 is 0. The normalized spacial score (nSPS) is 13.6. The molecule has 0 fully saturated rings. The third kappa shape index (κ3) is 7.05. The summed E-state index contributed by atoms with van der Waals surface area (Å²) in [6.07, 6.45) is 0.0766. The van der Waals surface area contributed by atoms with Gasteiger partial charge in [-0.1, -0.05) is 92.7 Å². The molecule has 1 aliphatic carbocycles. The molecule has 0 saturated carbocycles. The van der Waals surface area contributed by atoms with E-state index in [1.54, 1.807) is 0 Å². The fraction of sp³-hybridized carbons (Fsp3) is 0.344. The summed E-state index contributed by atoms with van der Waals surface area (Å²) < 4.78 is 5.70. The van der Waals surface area contributed by atoms with Gasteiger partial charge in [0.15, 0.2) is 0 Å². The summed E-state index contributed by atoms with van der Waals surface area (Å²) in [5.74, 6) is -0.554. The molecule has 39 heavy (non-hydrogen) atoms. The van der Waals surface area contributed by atoms with Crippen LogP contribution in [0.15, 0.2) is 78.9 Å². The number of hydrogen-bond donors (Lipinski definition) is 3. The van der Waals surface area contributed by atoms with E-state index in [0.29, 0.717) is 13.0 Å². The van der Waals surface area contributed by atoms with Gasteiger partial charge in [0.05, 0.1) is 0 Å². The van der Waals surface area contributed by atoms with Crippen molar-refractivity contribution in [3.8, 4) is 11.1 Å². The van der Waals surface area contributed by atoms with E-state index in [4.69, 9.17) is 4.74 Å². The number of fused-ring (bicyclic) bond motifs is 3. The van der Waals surface area contributed by atoms with Gasteiger partial charge in [-0.05, 0) is 47.1 Å². The van der Waals surface area contributed by atoms with E-state index >= 15 is 0 Å². The van der Waals surface area contributed by atoms with Crippen molar-refractivity contribution in [1.29, 1.82) is 0 Å². The Hall–Kier alpha value is -4.13. The van der Waals surface area contributed by atoms with Crippen LogP contribution in [0.25, 0.3) is 11.1 Å². The molecule has 1 aliphatic rings. The maximum Gasteiger partial charge on any atom is 0.407 e. The molecule has 0 saturated heterocycles. The zero-order chi connectivity index (χ0) is 27.8. The fourth-order valence-electron chi connectivity index (χ4n) is 5.11. The quantitative estimate of drug-likeness (QED) is 0.334. The van der Waals surface area contributed by atoms with Crippen LogP contribution in [-0.4, -0.2) is 43.1 Å². The van der Waals surface area contributed by atoms with Gasteiger partial charge in [-0.25, -0.2) is 4.79 Å². The van der Waals surface area contributed by atoms with Crippen LogP contribution in [0.4, 0.5) is 4.79 Å². The molecular weight excluding hydrogens is 490 g/mol. The Bertz CT molecular complexity index is 1250. The van der Waals surface area contributed by atoms with E-state index in [1.165, 1.54) is 0 Å². The number of benzene rings is 3. The first-order chi connectivity index (χ1) is 18.9. The van der Waals surface area contributed by atoms with Crippen LogP contribution in [0.5, 0.6) is 0 Å². The molecule has 3 aromatic carbocycles. The molecule has 3 aromatic rings. The van der Waals surface area contributed by atoms with Crippen molar-refractivity contribution in [2.75, 3.05) is 13.2 Å². The van der Waals surface area contributed by atoms with Crippen LogP contribution in [0.1, 0.15) is 49.8 Å². The van der Waals surface area contributed by atoms with E-state index in [-0.39, 0.29) is 30.8 Å². The molecule has 4 rings (SSSR count). The monoisotopic (exact) mass is 527 g/mol. The maximum absolute atomic E-state index is 13.4. The number of rotatable bonds is 11. The molecule has 0 aromatic heterocycles.